The summed E-state index contributed by atoms with van der Waals surface area (Å²) in [4.78, 5) is 25.1. The number of nitrogens with one attached hydrogen (secondary N) is 1. The molecule has 0 aromatic heterocycles. The van der Waals surface area contributed by atoms with Gasteiger partial charge in [0, 0.05) is 12.8 Å². The maximum atomic E-state index is 13.0. The highest BCUT2D eigenvalue weighted by molar-refractivity contribution is 5.76. The van der Waals surface area contributed by atoms with Crippen molar-refractivity contribution in [2.24, 2.45) is 0 Å². The Labute approximate surface area is 492 Å². The minimum atomic E-state index is -1.57. The number of aliphatic hydroxyl groups is 5. The van der Waals surface area contributed by atoms with Crippen molar-refractivity contribution >= 4 is 11.9 Å². The summed E-state index contributed by atoms with van der Waals surface area (Å²) in [6.07, 6.45) is 63.2. The van der Waals surface area contributed by atoms with Crippen molar-refractivity contribution in [1.29, 1.82) is 0 Å². The highest BCUT2D eigenvalue weighted by Crippen LogP contribution is 2.23. The number of rotatable bonds is 61. The average molecular weight is 1130 g/mol. The lowest BCUT2D eigenvalue weighted by molar-refractivity contribution is -0.302. The number of unbranched alkanes of at least 4 members (excludes halogenated alkanes) is 45. The molecule has 0 aromatic rings. The first-order valence-electron chi connectivity index (χ1n) is 34.6. The molecule has 1 aliphatic rings. The minimum Gasteiger partial charge on any atom is -0.466 e. The molecule has 1 heterocycles. The molecule has 11 nitrogen and oxygen atoms in total. The Kier molecular flexibility index (Phi) is 56.1. The first-order chi connectivity index (χ1) is 39.2. The molecule has 0 spiro atoms. The Balaban J connectivity index is 1.93. The van der Waals surface area contributed by atoms with E-state index < -0.39 is 49.5 Å². The minimum absolute atomic E-state index is 0.00775. The molecule has 0 aromatic carbocycles. The van der Waals surface area contributed by atoms with Crippen LogP contribution in [0.1, 0.15) is 341 Å². The monoisotopic (exact) mass is 1130 g/mol. The summed E-state index contributed by atoms with van der Waals surface area (Å²) in [5.41, 5.74) is 0. The fourth-order valence-electron chi connectivity index (χ4n) is 11.1. The van der Waals surface area contributed by atoms with Crippen LogP contribution in [0.25, 0.3) is 0 Å². The zero-order valence-electron chi connectivity index (χ0n) is 52.3. The summed E-state index contributed by atoms with van der Waals surface area (Å²) in [5.74, 6) is -0.178. The molecule has 1 saturated heterocycles. The molecule has 472 valence electrons. The standard InChI is InChI=1S/C69H131NO10/c1-3-5-7-9-11-13-14-15-16-17-28-31-34-37-41-45-49-53-57-65(74)78-58-54-50-46-42-38-35-32-29-26-24-22-20-18-19-21-23-25-27-30-33-36-40-44-48-52-56-64(73)70-61(62(72)55-51-47-43-39-12-10-8-6-4-2)60-79-69-68(77)67(76)66(75)63(59-71)80-69/h19,21,51,55,61-63,66-69,71-72,75-77H,3-18,20,22-50,52-54,56-60H2,1-2H3,(H,70,73)/b21-19-,55-51+. The molecule has 11 heteroatoms. The summed E-state index contributed by atoms with van der Waals surface area (Å²) in [6.45, 7) is 4.34. The molecule has 1 rings (SSSR count). The summed E-state index contributed by atoms with van der Waals surface area (Å²) < 4.78 is 16.7. The smallest absolute Gasteiger partial charge is 0.305 e. The van der Waals surface area contributed by atoms with Gasteiger partial charge in [-0.1, -0.05) is 295 Å². The molecular formula is C69H131NO10. The normalized spacial score (nSPS) is 18.4. The zero-order valence-corrected chi connectivity index (χ0v) is 52.3. The number of ether oxygens (including phenoxy) is 3. The fraction of sp³-hybridized carbons (Fsp3) is 0.913. The van der Waals surface area contributed by atoms with E-state index in [-0.39, 0.29) is 18.5 Å². The van der Waals surface area contributed by atoms with E-state index in [1.807, 2.05) is 6.08 Å². The third kappa shape index (κ3) is 47.5. The number of hydrogen-bond acceptors (Lipinski definition) is 10. The van der Waals surface area contributed by atoms with Crippen LogP contribution in [0.15, 0.2) is 24.3 Å². The van der Waals surface area contributed by atoms with Crippen LogP contribution in [-0.2, 0) is 23.8 Å². The number of aliphatic hydroxyl groups excluding tert-OH is 5. The first-order valence-corrected chi connectivity index (χ1v) is 34.6. The average Bonchev–Trinajstić information content (AvgIpc) is 3.45. The van der Waals surface area contributed by atoms with E-state index in [1.165, 1.54) is 257 Å². The van der Waals surface area contributed by atoms with Gasteiger partial charge in [-0.05, 0) is 57.8 Å². The maximum absolute atomic E-state index is 13.0. The van der Waals surface area contributed by atoms with Crippen LogP contribution >= 0.6 is 0 Å². The van der Waals surface area contributed by atoms with Crippen molar-refractivity contribution in [1.82, 2.24) is 5.32 Å². The molecule has 7 unspecified atom stereocenters. The molecule has 1 amide bonds. The van der Waals surface area contributed by atoms with E-state index in [0.717, 1.165) is 57.8 Å². The molecule has 7 atom stereocenters. The third-order valence-corrected chi connectivity index (χ3v) is 16.6. The van der Waals surface area contributed by atoms with Crippen molar-refractivity contribution in [2.45, 2.75) is 384 Å². The van der Waals surface area contributed by atoms with Gasteiger partial charge in [0.2, 0.25) is 5.91 Å². The van der Waals surface area contributed by atoms with Crippen molar-refractivity contribution in [3.05, 3.63) is 24.3 Å². The van der Waals surface area contributed by atoms with Gasteiger partial charge >= 0.3 is 5.97 Å². The van der Waals surface area contributed by atoms with Gasteiger partial charge in [0.1, 0.15) is 24.4 Å². The van der Waals surface area contributed by atoms with Crippen molar-refractivity contribution in [2.75, 3.05) is 19.8 Å². The van der Waals surface area contributed by atoms with Gasteiger partial charge in [-0.15, -0.1) is 0 Å². The largest absolute Gasteiger partial charge is 0.466 e. The van der Waals surface area contributed by atoms with E-state index in [9.17, 15) is 35.1 Å². The Morgan fingerprint density at radius 1 is 0.450 bits per heavy atom. The van der Waals surface area contributed by atoms with Crippen LogP contribution in [-0.4, -0.2) is 100 Å². The van der Waals surface area contributed by atoms with Crippen LogP contribution in [0, 0.1) is 0 Å². The lowest BCUT2D eigenvalue weighted by Gasteiger charge is -2.40. The molecule has 1 aliphatic heterocycles. The lowest BCUT2D eigenvalue weighted by Crippen LogP contribution is -2.60. The van der Waals surface area contributed by atoms with Crippen molar-refractivity contribution in [3.8, 4) is 0 Å². The lowest BCUT2D eigenvalue weighted by atomic mass is 9.99. The van der Waals surface area contributed by atoms with Crippen LogP contribution < -0.4 is 5.32 Å². The van der Waals surface area contributed by atoms with Gasteiger partial charge in [-0.3, -0.25) is 9.59 Å². The molecule has 0 bridgehead atoms. The number of allylic oxidation sites excluding steroid dienone is 3. The molecule has 0 radical (unpaired) electrons. The SMILES string of the molecule is CCCCCCCCC/C=C/C(O)C(COC1OC(CO)C(O)C(O)C1O)NC(=O)CCCCCCCCCCC/C=C\CCCCCCCCCCCCCCOC(=O)CCCCCCCCCCCCCCCCCCCC. The van der Waals surface area contributed by atoms with Gasteiger partial charge in [0.05, 0.1) is 32.0 Å². The maximum Gasteiger partial charge on any atom is 0.305 e. The van der Waals surface area contributed by atoms with E-state index >= 15 is 0 Å². The molecule has 1 fully saturated rings. The van der Waals surface area contributed by atoms with Crippen LogP contribution in [0.5, 0.6) is 0 Å². The van der Waals surface area contributed by atoms with E-state index in [2.05, 4.69) is 31.3 Å². The summed E-state index contributed by atoms with van der Waals surface area (Å²) in [6, 6.07) is -0.810. The predicted octanol–water partition coefficient (Wildman–Crippen LogP) is 17.2. The number of carbonyl (C=O) groups excluding carboxylic acids is 2. The molecule has 80 heavy (non-hydrogen) atoms. The number of hydrogen-bond donors (Lipinski definition) is 6. The van der Waals surface area contributed by atoms with Crippen molar-refractivity contribution in [3.63, 3.8) is 0 Å². The second-order valence-electron chi connectivity index (χ2n) is 24.2. The second kappa shape index (κ2) is 58.9. The predicted molar refractivity (Wildman–Crippen MR) is 334 cm³/mol. The summed E-state index contributed by atoms with van der Waals surface area (Å²) in [7, 11) is 0. The Bertz CT molecular complexity index is 1380. The number of amides is 1. The number of esters is 1. The zero-order chi connectivity index (χ0) is 58.0. The van der Waals surface area contributed by atoms with Gasteiger partial charge in [0.15, 0.2) is 6.29 Å². The molecule has 0 aliphatic carbocycles. The first kappa shape index (κ1) is 76.2. The van der Waals surface area contributed by atoms with E-state index in [1.54, 1.807) is 6.08 Å². The fourth-order valence-corrected chi connectivity index (χ4v) is 11.1. The third-order valence-electron chi connectivity index (χ3n) is 16.6. The van der Waals surface area contributed by atoms with Crippen LogP contribution in [0.4, 0.5) is 0 Å². The van der Waals surface area contributed by atoms with E-state index in [4.69, 9.17) is 14.2 Å². The van der Waals surface area contributed by atoms with Gasteiger partial charge < -0.3 is 45.1 Å². The highest BCUT2D eigenvalue weighted by atomic mass is 16.7. The van der Waals surface area contributed by atoms with E-state index in [0.29, 0.717) is 19.4 Å². The van der Waals surface area contributed by atoms with Gasteiger partial charge in [-0.2, -0.15) is 0 Å². The molecular weight excluding hydrogens is 1000 g/mol. The Hall–Kier alpha value is -1.86. The number of carbonyl (C=O) groups is 2. The quantitative estimate of drug-likeness (QED) is 0.0195. The summed E-state index contributed by atoms with van der Waals surface area (Å²) >= 11 is 0. The van der Waals surface area contributed by atoms with Gasteiger partial charge in [-0.25, -0.2) is 0 Å². The van der Waals surface area contributed by atoms with Crippen LogP contribution in [0.2, 0.25) is 0 Å². The van der Waals surface area contributed by atoms with Crippen molar-refractivity contribution < 1.29 is 49.3 Å². The Morgan fingerprint density at radius 3 is 1.20 bits per heavy atom. The molecule has 0 saturated carbocycles. The topological polar surface area (TPSA) is 175 Å². The highest BCUT2D eigenvalue weighted by Gasteiger charge is 2.44. The molecule has 6 N–H and O–H groups in total. The van der Waals surface area contributed by atoms with Gasteiger partial charge in [0.25, 0.3) is 0 Å². The summed E-state index contributed by atoms with van der Waals surface area (Å²) in [5, 5.41) is 54.3. The second-order valence-corrected chi connectivity index (χ2v) is 24.2. The van der Waals surface area contributed by atoms with Crippen LogP contribution in [0.3, 0.4) is 0 Å². The Morgan fingerprint density at radius 2 is 0.800 bits per heavy atom.